The number of hydrogen-bond acceptors (Lipinski definition) is 6. The van der Waals surface area contributed by atoms with Crippen LogP contribution in [0, 0.1) is 24.7 Å². The van der Waals surface area contributed by atoms with Crippen LogP contribution in [0.3, 0.4) is 0 Å². The fourth-order valence-electron chi connectivity index (χ4n) is 6.41. The highest BCUT2D eigenvalue weighted by Gasteiger charge is 2.54. The summed E-state index contributed by atoms with van der Waals surface area (Å²) in [5, 5.41) is 21.3. The van der Waals surface area contributed by atoms with Gasteiger partial charge in [0.25, 0.3) is 0 Å². The molecule has 0 aromatic heterocycles. The minimum absolute atomic E-state index is 0.00711. The van der Waals surface area contributed by atoms with E-state index in [4.69, 9.17) is 4.74 Å². The van der Waals surface area contributed by atoms with Gasteiger partial charge in [-0.05, 0) is 104 Å². The van der Waals surface area contributed by atoms with E-state index in [2.05, 4.69) is 0 Å². The molecule has 2 aromatic rings. The topological polar surface area (TPSA) is 101 Å². The molecular weight excluding hydrogens is 480 g/mol. The number of aryl methyl sites for hydroxylation is 3. The predicted octanol–water partition coefficient (Wildman–Crippen LogP) is 5.55. The summed E-state index contributed by atoms with van der Waals surface area (Å²) in [5.74, 6) is -0.991. The lowest BCUT2D eigenvalue weighted by atomic mass is 9.77. The Morgan fingerprint density at radius 1 is 0.816 bits per heavy atom. The molecule has 1 aliphatic heterocycles. The van der Waals surface area contributed by atoms with E-state index in [0.717, 1.165) is 24.0 Å². The summed E-state index contributed by atoms with van der Waals surface area (Å²) in [6, 6.07) is 6.76. The van der Waals surface area contributed by atoms with Crippen molar-refractivity contribution < 1.29 is 29.3 Å². The molecule has 0 bridgehead atoms. The van der Waals surface area contributed by atoms with Gasteiger partial charge in [-0.15, -0.1) is 0 Å². The van der Waals surface area contributed by atoms with Crippen LogP contribution in [0.1, 0.15) is 72.3 Å². The maximum atomic E-state index is 14.2. The molecule has 4 aliphatic rings. The molecule has 1 atom stereocenters. The van der Waals surface area contributed by atoms with Gasteiger partial charge in [-0.2, -0.15) is 0 Å². The van der Waals surface area contributed by atoms with E-state index in [1.54, 1.807) is 32.9 Å². The summed E-state index contributed by atoms with van der Waals surface area (Å²) < 4.78 is 6.04. The molecule has 2 N–H and O–H groups in total. The van der Waals surface area contributed by atoms with Gasteiger partial charge in [0, 0.05) is 22.1 Å². The molecule has 2 aromatic carbocycles. The molecule has 3 aliphatic carbocycles. The van der Waals surface area contributed by atoms with Crippen molar-refractivity contribution in [3.05, 3.63) is 80.4 Å². The molecule has 194 valence electrons. The molecular formula is C32H30O6. The number of ketones is 2. The highest BCUT2D eigenvalue weighted by Crippen LogP contribution is 2.57. The standard InChI is InChI=1S/C32H30O6/c1-14-9-16-7-8-31(3,4)29-25(17(16)11-21(14)33)27(30(37)38-29)26-24-19-12-22(34)15(2)10-18(19)23(35)13-20(24)32(5,6)28(26)36/h9-13,29,33-34H,7-8H2,1-6H3. The third-order valence-electron chi connectivity index (χ3n) is 8.80. The van der Waals surface area contributed by atoms with E-state index in [-0.39, 0.29) is 34.2 Å². The monoisotopic (exact) mass is 510 g/mol. The Labute approximate surface area is 221 Å². The first-order valence-electron chi connectivity index (χ1n) is 12.9. The average Bonchev–Trinajstić information content (AvgIpc) is 3.24. The molecule has 0 saturated heterocycles. The second kappa shape index (κ2) is 7.56. The number of Topliss-reactive ketones (excluding diaryl/α,β-unsaturated/α-hetero) is 1. The number of aromatic hydroxyl groups is 2. The third kappa shape index (κ3) is 3.09. The second-order valence-corrected chi connectivity index (χ2v) is 12.2. The van der Waals surface area contributed by atoms with Crippen LogP contribution in [0.5, 0.6) is 11.5 Å². The van der Waals surface area contributed by atoms with Crippen LogP contribution < -0.4 is 0 Å². The van der Waals surface area contributed by atoms with Crippen LogP contribution in [0.25, 0.3) is 11.1 Å². The fourth-order valence-corrected chi connectivity index (χ4v) is 6.41. The van der Waals surface area contributed by atoms with Crippen LogP contribution in [-0.2, 0) is 20.7 Å². The Bertz CT molecular complexity index is 1630. The predicted molar refractivity (Wildman–Crippen MR) is 143 cm³/mol. The number of esters is 1. The number of allylic oxidation sites excluding steroid dienone is 3. The highest BCUT2D eigenvalue weighted by atomic mass is 16.5. The van der Waals surface area contributed by atoms with Crippen molar-refractivity contribution in [1.82, 2.24) is 0 Å². The van der Waals surface area contributed by atoms with Crippen molar-refractivity contribution in [3.63, 3.8) is 0 Å². The van der Waals surface area contributed by atoms with Gasteiger partial charge in [0.1, 0.15) is 17.6 Å². The zero-order valence-electron chi connectivity index (χ0n) is 22.4. The Hall–Kier alpha value is -3.93. The molecule has 0 spiro atoms. The summed E-state index contributed by atoms with van der Waals surface area (Å²) in [4.78, 5) is 41.1. The van der Waals surface area contributed by atoms with Crippen LogP contribution >= 0.6 is 0 Å². The van der Waals surface area contributed by atoms with Gasteiger partial charge < -0.3 is 14.9 Å². The van der Waals surface area contributed by atoms with E-state index in [9.17, 15) is 24.6 Å². The van der Waals surface area contributed by atoms with Crippen molar-refractivity contribution in [2.45, 2.75) is 60.5 Å². The Kier molecular flexibility index (Phi) is 4.86. The zero-order chi connectivity index (χ0) is 27.5. The molecule has 0 fully saturated rings. The Morgan fingerprint density at radius 3 is 2.13 bits per heavy atom. The molecule has 0 saturated carbocycles. The largest absolute Gasteiger partial charge is 0.508 e. The minimum Gasteiger partial charge on any atom is -0.508 e. The number of fused-ring (bicyclic) bond motifs is 6. The average molecular weight is 511 g/mol. The van der Waals surface area contributed by atoms with Crippen molar-refractivity contribution >= 4 is 28.7 Å². The van der Waals surface area contributed by atoms with Crippen LogP contribution in [0.2, 0.25) is 0 Å². The summed E-state index contributed by atoms with van der Waals surface area (Å²) in [6.07, 6.45) is 2.36. The molecule has 6 heteroatoms. The van der Waals surface area contributed by atoms with Crippen LogP contribution in [0.4, 0.5) is 0 Å². The number of phenols is 2. The van der Waals surface area contributed by atoms with E-state index in [0.29, 0.717) is 39.0 Å². The van der Waals surface area contributed by atoms with Gasteiger partial charge in [0.2, 0.25) is 0 Å². The lowest BCUT2D eigenvalue weighted by Gasteiger charge is -2.30. The van der Waals surface area contributed by atoms with Gasteiger partial charge >= 0.3 is 5.97 Å². The Morgan fingerprint density at radius 2 is 1.45 bits per heavy atom. The van der Waals surface area contributed by atoms with E-state index in [1.807, 2.05) is 26.8 Å². The SMILES string of the molecule is Cc1cc2c(cc1O)C1=C(C3=C4C(=CC(=O)c5cc(C)c(O)cc54)C(C)(C)C3=O)C(=O)OC1C(C)(C)CC2. The van der Waals surface area contributed by atoms with Gasteiger partial charge in [-0.25, -0.2) is 4.79 Å². The fraction of sp³-hybridized carbons (Fsp3) is 0.344. The highest BCUT2D eigenvalue weighted by molar-refractivity contribution is 6.31. The molecule has 1 heterocycles. The number of carbonyl (C=O) groups is 3. The first-order valence-corrected chi connectivity index (χ1v) is 12.9. The molecule has 38 heavy (non-hydrogen) atoms. The first-order chi connectivity index (χ1) is 17.7. The number of carbonyl (C=O) groups excluding carboxylic acids is 3. The molecule has 6 nitrogen and oxygen atoms in total. The van der Waals surface area contributed by atoms with Gasteiger partial charge in [-0.1, -0.05) is 19.9 Å². The number of benzene rings is 2. The second-order valence-electron chi connectivity index (χ2n) is 12.2. The van der Waals surface area contributed by atoms with E-state index in [1.165, 1.54) is 12.1 Å². The van der Waals surface area contributed by atoms with Gasteiger partial charge in [-0.3, -0.25) is 9.59 Å². The van der Waals surface area contributed by atoms with Crippen molar-refractivity contribution in [1.29, 1.82) is 0 Å². The summed E-state index contributed by atoms with van der Waals surface area (Å²) in [7, 11) is 0. The van der Waals surface area contributed by atoms with E-state index < -0.39 is 22.9 Å². The lowest BCUT2D eigenvalue weighted by Crippen LogP contribution is -2.30. The third-order valence-corrected chi connectivity index (χ3v) is 8.80. The smallest absolute Gasteiger partial charge is 0.339 e. The summed E-state index contributed by atoms with van der Waals surface area (Å²) in [5.41, 5.74) is 4.33. The first kappa shape index (κ1) is 24.4. The van der Waals surface area contributed by atoms with E-state index >= 15 is 0 Å². The summed E-state index contributed by atoms with van der Waals surface area (Å²) >= 11 is 0. The number of phenolic OH excluding ortho intramolecular Hbond substituents is 2. The zero-order valence-corrected chi connectivity index (χ0v) is 22.4. The number of hydrogen-bond donors (Lipinski definition) is 2. The van der Waals surface area contributed by atoms with Crippen molar-refractivity contribution in [2.75, 3.05) is 0 Å². The van der Waals surface area contributed by atoms with Crippen molar-refractivity contribution in [2.24, 2.45) is 10.8 Å². The van der Waals surface area contributed by atoms with Crippen LogP contribution in [-0.4, -0.2) is 33.9 Å². The maximum Gasteiger partial charge on any atom is 0.339 e. The maximum absolute atomic E-state index is 14.2. The number of rotatable bonds is 1. The summed E-state index contributed by atoms with van der Waals surface area (Å²) in [6.45, 7) is 11.2. The number of ether oxygens (including phenoxy) is 1. The quantitative estimate of drug-likeness (QED) is 0.488. The van der Waals surface area contributed by atoms with Crippen LogP contribution in [0.15, 0.2) is 47.1 Å². The normalized spacial score (nSPS) is 22.9. The van der Waals surface area contributed by atoms with Gasteiger partial charge in [0.15, 0.2) is 11.6 Å². The minimum atomic E-state index is -1.07. The van der Waals surface area contributed by atoms with Gasteiger partial charge in [0.05, 0.1) is 11.0 Å². The molecule has 0 amide bonds. The molecule has 0 radical (unpaired) electrons. The Balaban J connectivity index is 1.76. The molecule has 1 unspecified atom stereocenters. The lowest BCUT2D eigenvalue weighted by molar-refractivity contribution is -0.143. The molecule has 6 rings (SSSR count). The van der Waals surface area contributed by atoms with Crippen molar-refractivity contribution in [3.8, 4) is 11.5 Å².